The summed E-state index contributed by atoms with van der Waals surface area (Å²) < 4.78 is 0. The van der Waals surface area contributed by atoms with Gasteiger partial charge in [-0.1, -0.05) is 55.3 Å². The number of carbonyl (C=O) groups is 2. The minimum absolute atomic E-state index is 0.162. The molecule has 1 aliphatic carbocycles. The first-order valence-electron chi connectivity index (χ1n) is 9.94. The summed E-state index contributed by atoms with van der Waals surface area (Å²) in [6, 6.07) is 2.80. The molecule has 8 heteroatoms. The van der Waals surface area contributed by atoms with E-state index in [1.807, 2.05) is 12.3 Å². The average molecular weight is 452 g/mol. The molecule has 4 rings (SSSR count). The molecular formula is C21H23Cl2N3O2S. The van der Waals surface area contributed by atoms with Crippen molar-refractivity contribution in [1.29, 1.82) is 0 Å². The second kappa shape index (κ2) is 8.62. The molecule has 1 fully saturated rings. The fraction of sp³-hybridized carbons (Fsp3) is 0.476. The van der Waals surface area contributed by atoms with Crippen LogP contribution in [0.4, 0.5) is 5.13 Å². The van der Waals surface area contributed by atoms with Gasteiger partial charge in [-0.25, -0.2) is 4.98 Å². The van der Waals surface area contributed by atoms with E-state index in [0.29, 0.717) is 39.6 Å². The molecule has 1 N–H and O–H groups in total. The van der Waals surface area contributed by atoms with Crippen LogP contribution in [0, 0.1) is 12.8 Å². The average Bonchev–Trinajstić information content (AvgIpc) is 3.24. The van der Waals surface area contributed by atoms with Crippen molar-refractivity contribution in [2.45, 2.75) is 58.0 Å². The Labute approximate surface area is 184 Å². The van der Waals surface area contributed by atoms with Crippen LogP contribution in [0.2, 0.25) is 10.0 Å². The van der Waals surface area contributed by atoms with Crippen LogP contribution in [-0.4, -0.2) is 27.7 Å². The fourth-order valence-corrected chi connectivity index (χ4v) is 5.34. The minimum Gasteiger partial charge on any atom is -0.322 e. The molecule has 2 heterocycles. The molecule has 1 atom stereocenters. The highest BCUT2D eigenvalue weighted by molar-refractivity contribution is 7.13. The van der Waals surface area contributed by atoms with Crippen molar-refractivity contribution in [3.05, 3.63) is 44.4 Å². The molecular weight excluding hydrogens is 429 g/mol. The second-order valence-electron chi connectivity index (χ2n) is 7.90. The van der Waals surface area contributed by atoms with Gasteiger partial charge in [0.15, 0.2) is 5.13 Å². The predicted molar refractivity (Wildman–Crippen MR) is 117 cm³/mol. The van der Waals surface area contributed by atoms with Gasteiger partial charge in [0, 0.05) is 17.5 Å². The van der Waals surface area contributed by atoms with Crippen molar-refractivity contribution in [2.24, 2.45) is 5.92 Å². The lowest BCUT2D eigenvalue weighted by Gasteiger charge is -2.31. The van der Waals surface area contributed by atoms with Gasteiger partial charge < -0.3 is 10.2 Å². The van der Waals surface area contributed by atoms with Crippen molar-refractivity contribution in [2.75, 3.05) is 5.32 Å². The zero-order valence-corrected chi connectivity index (χ0v) is 18.5. The lowest BCUT2D eigenvalue weighted by molar-refractivity contribution is -0.121. The summed E-state index contributed by atoms with van der Waals surface area (Å²) in [5.74, 6) is 0.106. The van der Waals surface area contributed by atoms with Crippen LogP contribution in [0.5, 0.6) is 0 Å². The number of nitrogens with one attached hydrogen (secondary N) is 1. The van der Waals surface area contributed by atoms with Crippen molar-refractivity contribution in [3.63, 3.8) is 0 Å². The van der Waals surface area contributed by atoms with Crippen LogP contribution < -0.4 is 5.32 Å². The first kappa shape index (κ1) is 20.6. The number of benzene rings is 1. The third-order valence-electron chi connectivity index (χ3n) is 5.79. The van der Waals surface area contributed by atoms with E-state index >= 15 is 0 Å². The van der Waals surface area contributed by atoms with E-state index in [1.165, 1.54) is 30.6 Å². The summed E-state index contributed by atoms with van der Waals surface area (Å²) in [6.45, 7) is 2.26. The summed E-state index contributed by atoms with van der Waals surface area (Å²) in [5, 5.41) is 6.16. The smallest absolute Gasteiger partial charge is 0.255 e. The number of aryl methyl sites for hydroxylation is 1. The summed E-state index contributed by atoms with van der Waals surface area (Å²) in [4.78, 5) is 32.4. The predicted octanol–water partition coefficient (Wildman–Crippen LogP) is 5.69. The largest absolute Gasteiger partial charge is 0.322 e. The lowest BCUT2D eigenvalue weighted by Crippen LogP contribution is -2.45. The molecule has 29 heavy (non-hydrogen) atoms. The van der Waals surface area contributed by atoms with E-state index in [-0.39, 0.29) is 11.8 Å². The molecule has 2 amide bonds. The molecule has 0 saturated heterocycles. The Bertz CT molecular complexity index is 940. The fourth-order valence-electron chi connectivity index (χ4n) is 4.29. The Morgan fingerprint density at radius 3 is 2.69 bits per heavy atom. The van der Waals surface area contributed by atoms with Gasteiger partial charge in [-0.15, -0.1) is 11.3 Å². The third kappa shape index (κ3) is 4.44. The number of aromatic nitrogens is 1. The van der Waals surface area contributed by atoms with Gasteiger partial charge in [0.25, 0.3) is 5.91 Å². The van der Waals surface area contributed by atoms with Gasteiger partial charge in [0.05, 0.1) is 15.7 Å². The molecule has 1 aromatic carbocycles. The number of thiazole rings is 1. The summed E-state index contributed by atoms with van der Waals surface area (Å²) >= 11 is 13.7. The zero-order valence-electron chi connectivity index (χ0n) is 16.2. The maximum absolute atomic E-state index is 13.2. The normalized spacial score (nSPS) is 18.0. The molecule has 0 radical (unpaired) electrons. The SMILES string of the molecule is Cc1csc(NC(=O)[C@H](CC2CCCCC2)N2Cc3cc(Cl)c(Cl)cc3C2=O)n1. The number of amides is 2. The number of anilines is 1. The number of hydrogen-bond acceptors (Lipinski definition) is 4. The summed E-state index contributed by atoms with van der Waals surface area (Å²) in [7, 11) is 0. The van der Waals surface area contributed by atoms with E-state index in [1.54, 1.807) is 17.0 Å². The van der Waals surface area contributed by atoms with E-state index in [9.17, 15) is 9.59 Å². The van der Waals surface area contributed by atoms with Crippen LogP contribution in [-0.2, 0) is 11.3 Å². The lowest BCUT2D eigenvalue weighted by atomic mass is 9.84. The van der Waals surface area contributed by atoms with Crippen molar-refractivity contribution in [1.82, 2.24) is 9.88 Å². The Balaban J connectivity index is 1.59. The first-order valence-corrected chi connectivity index (χ1v) is 11.6. The molecule has 5 nitrogen and oxygen atoms in total. The highest BCUT2D eigenvalue weighted by Gasteiger charge is 2.38. The Morgan fingerprint density at radius 1 is 1.28 bits per heavy atom. The first-order chi connectivity index (χ1) is 13.9. The van der Waals surface area contributed by atoms with Gasteiger partial charge in [-0.05, 0) is 37.0 Å². The molecule has 1 aliphatic heterocycles. The van der Waals surface area contributed by atoms with E-state index in [4.69, 9.17) is 23.2 Å². The standard InChI is InChI=1S/C21H23Cl2N3O2S/c1-12-11-29-21(24-12)25-19(27)18(7-13-5-3-2-4-6-13)26-10-14-8-16(22)17(23)9-15(14)20(26)28/h8-9,11,13,18H,2-7,10H2,1H3,(H,24,25,27)/t18-/m0/s1. The van der Waals surface area contributed by atoms with E-state index in [0.717, 1.165) is 24.1 Å². The summed E-state index contributed by atoms with van der Waals surface area (Å²) in [6.07, 6.45) is 6.49. The number of carbonyl (C=O) groups excluding carboxylic acids is 2. The van der Waals surface area contributed by atoms with Crippen molar-refractivity contribution >= 4 is 51.5 Å². The van der Waals surface area contributed by atoms with Gasteiger partial charge in [0.2, 0.25) is 5.91 Å². The van der Waals surface area contributed by atoms with Crippen molar-refractivity contribution < 1.29 is 9.59 Å². The zero-order chi connectivity index (χ0) is 20.5. The van der Waals surface area contributed by atoms with Gasteiger partial charge >= 0.3 is 0 Å². The quantitative estimate of drug-likeness (QED) is 0.634. The van der Waals surface area contributed by atoms with Gasteiger partial charge in [0.1, 0.15) is 6.04 Å². The van der Waals surface area contributed by atoms with Crippen LogP contribution in [0.3, 0.4) is 0 Å². The number of fused-ring (bicyclic) bond motifs is 1. The monoisotopic (exact) mass is 451 g/mol. The molecule has 0 spiro atoms. The van der Waals surface area contributed by atoms with E-state index < -0.39 is 6.04 Å². The van der Waals surface area contributed by atoms with Crippen LogP contribution in [0.1, 0.15) is 60.1 Å². The van der Waals surface area contributed by atoms with Crippen molar-refractivity contribution in [3.8, 4) is 0 Å². The third-order valence-corrected chi connectivity index (χ3v) is 7.39. The number of nitrogens with zero attached hydrogens (tertiary/aromatic N) is 2. The number of halogens is 2. The van der Waals surface area contributed by atoms with Crippen LogP contribution >= 0.6 is 34.5 Å². The van der Waals surface area contributed by atoms with Gasteiger partial charge in [-0.2, -0.15) is 0 Å². The number of hydrogen-bond donors (Lipinski definition) is 1. The maximum atomic E-state index is 13.2. The molecule has 1 aromatic heterocycles. The molecule has 2 aromatic rings. The molecule has 1 saturated carbocycles. The van der Waals surface area contributed by atoms with E-state index in [2.05, 4.69) is 10.3 Å². The highest BCUT2D eigenvalue weighted by Crippen LogP contribution is 2.35. The van der Waals surface area contributed by atoms with Crippen LogP contribution in [0.25, 0.3) is 0 Å². The molecule has 154 valence electrons. The van der Waals surface area contributed by atoms with Crippen LogP contribution in [0.15, 0.2) is 17.5 Å². The Hall–Kier alpha value is -1.63. The van der Waals surface area contributed by atoms with Gasteiger partial charge in [-0.3, -0.25) is 9.59 Å². The molecule has 2 aliphatic rings. The Kier molecular flexibility index (Phi) is 6.13. The second-order valence-corrected chi connectivity index (χ2v) is 9.57. The topological polar surface area (TPSA) is 62.3 Å². The summed E-state index contributed by atoms with van der Waals surface area (Å²) in [5.41, 5.74) is 2.21. The number of rotatable bonds is 5. The molecule has 0 unspecified atom stereocenters. The molecule has 0 bridgehead atoms. The Morgan fingerprint density at radius 2 is 2.00 bits per heavy atom. The maximum Gasteiger partial charge on any atom is 0.255 e. The highest BCUT2D eigenvalue weighted by atomic mass is 35.5. The minimum atomic E-state index is -0.542.